The molecule has 96 valence electrons. The Morgan fingerprint density at radius 1 is 1.25 bits per heavy atom. The van der Waals surface area contributed by atoms with E-state index in [-0.39, 0.29) is 12.6 Å². The molecule has 1 atom stereocenters. The smallest absolute Gasteiger partial charge is 0.0582 e. The molecule has 3 N–H and O–H groups in total. The van der Waals surface area contributed by atoms with Crippen LogP contribution in [0, 0.1) is 5.41 Å². The summed E-state index contributed by atoms with van der Waals surface area (Å²) < 4.78 is 0. The van der Waals surface area contributed by atoms with Crippen molar-refractivity contribution in [3.05, 3.63) is 0 Å². The molecular formula is C13H28N2O. The molecule has 3 heteroatoms. The molecule has 1 aliphatic rings. The number of rotatable bonds is 7. The summed E-state index contributed by atoms with van der Waals surface area (Å²) in [6, 6.07) is -0.0336. The van der Waals surface area contributed by atoms with E-state index in [4.69, 9.17) is 10.8 Å². The van der Waals surface area contributed by atoms with Crippen molar-refractivity contribution in [3.63, 3.8) is 0 Å². The molecule has 0 aromatic rings. The SMILES string of the molecule is CCN(CC)CC1(CC(N)CO)CCCC1. The van der Waals surface area contributed by atoms with Gasteiger partial charge >= 0.3 is 0 Å². The predicted octanol–water partition coefficient (Wildman–Crippen LogP) is 1.60. The highest BCUT2D eigenvalue weighted by Crippen LogP contribution is 2.42. The summed E-state index contributed by atoms with van der Waals surface area (Å²) in [5.41, 5.74) is 6.31. The van der Waals surface area contributed by atoms with Crippen LogP contribution in [0.3, 0.4) is 0 Å². The van der Waals surface area contributed by atoms with E-state index in [1.165, 1.54) is 25.7 Å². The first-order chi connectivity index (χ1) is 7.65. The lowest BCUT2D eigenvalue weighted by Gasteiger charge is -2.36. The van der Waals surface area contributed by atoms with Crippen molar-refractivity contribution in [1.82, 2.24) is 4.90 Å². The topological polar surface area (TPSA) is 49.5 Å². The zero-order chi connectivity index (χ0) is 12.0. The highest BCUT2D eigenvalue weighted by atomic mass is 16.3. The molecule has 3 nitrogen and oxygen atoms in total. The number of hydrogen-bond donors (Lipinski definition) is 2. The van der Waals surface area contributed by atoms with Crippen LogP contribution in [0.4, 0.5) is 0 Å². The first-order valence-electron chi connectivity index (χ1n) is 6.74. The minimum absolute atomic E-state index is 0.0336. The highest BCUT2D eigenvalue weighted by Gasteiger charge is 2.36. The number of aliphatic hydroxyl groups excluding tert-OH is 1. The van der Waals surface area contributed by atoms with E-state index in [1.807, 2.05) is 0 Å². The first kappa shape index (κ1) is 13.9. The van der Waals surface area contributed by atoms with Crippen LogP contribution < -0.4 is 5.73 Å². The van der Waals surface area contributed by atoms with Gasteiger partial charge in [-0.1, -0.05) is 26.7 Å². The van der Waals surface area contributed by atoms with Crippen molar-refractivity contribution in [3.8, 4) is 0 Å². The van der Waals surface area contributed by atoms with Crippen LogP contribution in [0.2, 0.25) is 0 Å². The molecular weight excluding hydrogens is 200 g/mol. The fraction of sp³-hybridized carbons (Fsp3) is 1.00. The summed E-state index contributed by atoms with van der Waals surface area (Å²) in [4.78, 5) is 2.50. The number of nitrogens with zero attached hydrogens (tertiary/aromatic N) is 1. The Balaban J connectivity index is 2.57. The first-order valence-corrected chi connectivity index (χ1v) is 6.74. The van der Waals surface area contributed by atoms with Gasteiger partial charge in [-0.25, -0.2) is 0 Å². The molecule has 0 spiro atoms. The van der Waals surface area contributed by atoms with Gasteiger partial charge in [0.25, 0.3) is 0 Å². The Kier molecular flexibility index (Phi) is 5.73. The summed E-state index contributed by atoms with van der Waals surface area (Å²) in [6.45, 7) is 7.96. The van der Waals surface area contributed by atoms with E-state index in [0.29, 0.717) is 5.41 Å². The minimum Gasteiger partial charge on any atom is -0.395 e. The van der Waals surface area contributed by atoms with E-state index < -0.39 is 0 Å². The maximum Gasteiger partial charge on any atom is 0.0582 e. The van der Waals surface area contributed by atoms with Crippen LogP contribution in [0.1, 0.15) is 46.0 Å². The molecule has 0 bridgehead atoms. The molecule has 16 heavy (non-hydrogen) atoms. The van der Waals surface area contributed by atoms with E-state index in [1.54, 1.807) is 0 Å². The lowest BCUT2D eigenvalue weighted by molar-refractivity contribution is 0.128. The van der Waals surface area contributed by atoms with Crippen LogP contribution in [0.5, 0.6) is 0 Å². The summed E-state index contributed by atoms with van der Waals surface area (Å²) in [6.07, 6.45) is 6.23. The summed E-state index contributed by atoms with van der Waals surface area (Å²) >= 11 is 0. The molecule has 1 unspecified atom stereocenters. The van der Waals surface area contributed by atoms with Crippen LogP contribution in [-0.2, 0) is 0 Å². The molecule has 0 amide bonds. The van der Waals surface area contributed by atoms with Crippen LogP contribution in [0.25, 0.3) is 0 Å². The molecule has 1 aliphatic carbocycles. The molecule has 0 heterocycles. The average molecular weight is 228 g/mol. The van der Waals surface area contributed by atoms with Crippen LogP contribution in [0.15, 0.2) is 0 Å². The molecule has 0 radical (unpaired) electrons. The standard InChI is InChI=1S/C13H28N2O/c1-3-15(4-2)11-13(7-5-6-8-13)9-12(14)10-16/h12,16H,3-11,14H2,1-2H3. The van der Waals surface area contributed by atoms with Crippen molar-refractivity contribution in [2.24, 2.45) is 11.1 Å². The Morgan fingerprint density at radius 3 is 2.25 bits per heavy atom. The second-order valence-electron chi connectivity index (χ2n) is 5.32. The second kappa shape index (κ2) is 6.58. The molecule has 0 aliphatic heterocycles. The van der Waals surface area contributed by atoms with Gasteiger partial charge < -0.3 is 15.7 Å². The maximum absolute atomic E-state index is 9.12. The Labute approximate surface area is 100 Å². The molecule has 0 aromatic heterocycles. The second-order valence-corrected chi connectivity index (χ2v) is 5.32. The minimum atomic E-state index is -0.0336. The third kappa shape index (κ3) is 3.72. The maximum atomic E-state index is 9.12. The monoisotopic (exact) mass is 228 g/mol. The summed E-state index contributed by atoms with van der Waals surface area (Å²) in [5.74, 6) is 0. The van der Waals surface area contributed by atoms with Gasteiger partial charge in [-0.3, -0.25) is 0 Å². The third-order valence-electron chi connectivity index (χ3n) is 4.05. The van der Waals surface area contributed by atoms with E-state index in [2.05, 4.69) is 18.7 Å². The van der Waals surface area contributed by atoms with Crippen LogP contribution >= 0.6 is 0 Å². The molecule has 0 aromatic carbocycles. The van der Waals surface area contributed by atoms with Crippen molar-refractivity contribution in [2.45, 2.75) is 52.0 Å². The molecule has 1 rings (SSSR count). The van der Waals surface area contributed by atoms with Gasteiger partial charge in [-0.2, -0.15) is 0 Å². The van der Waals surface area contributed by atoms with Gasteiger partial charge in [0, 0.05) is 12.6 Å². The Hall–Kier alpha value is -0.120. The van der Waals surface area contributed by atoms with Crippen LogP contribution in [-0.4, -0.2) is 42.3 Å². The quantitative estimate of drug-likeness (QED) is 0.696. The number of nitrogens with two attached hydrogens (primary N) is 1. The van der Waals surface area contributed by atoms with Crippen molar-refractivity contribution in [2.75, 3.05) is 26.2 Å². The van der Waals surface area contributed by atoms with Gasteiger partial charge in [0.05, 0.1) is 6.61 Å². The number of aliphatic hydroxyl groups is 1. The number of hydrogen-bond acceptors (Lipinski definition) is 3. The molecule has 0 saturated heterocycles. The zero-order valence-corrected chi connectivity index (χ0v) is 10.9. The van der Waals surface area contributed by atoms with Gasteiger partial charge in [0.2, 0.25) is 0 Å². The van der Waals surface area contributed by atoms with Crippen molar-refractivity contribution >= 4 is 0 Å². The summed E-state index contributed by atoms with van der Waals surface area (Å²) in [7, 11) is 0. The fourth-order valence-corrected chi connectivity index (χ4v) is 3.09. The Morgan fingerprint density at radius 2 is 1.81 bits per heavy atom. The van der Waals surface area contributed by atoms with Gasteiger partial charge in [0.15, 0.2) is 0 Å². The van der Waals surface area contributed by atoms with Crippen molar-refractivity contribution in [1.29, 1.82) is 0 Å². The van der Waals surface area contributed by atoms with Gasteiger partial charge in [-0.05, 0) is 37.8 Å². The van der Waals surface area contributed by atoms with Gasteiger partial charge in [0.1, 0.15) is 0 Å². The van der Waals surface area contributed by atoms with Crippen molar-refractivity contribution < 1.29 is 5.11 Å². The molecule has 1 fully saturated rings. The summed E-state index contributed by atoms with van der Waals surface area (Å²) in [5, 5.41) is 9.12. The normalized spacial score (nSPS) is 21.6. The zero-order valence-electron chi connectivity index (χ0n) is 10.9. The lowest BCUT2D eigenvalue weighted by atomic mass is 9.79. The average Bonchev–Trinajstić information content (AvgIpc) is 2.74. The fourth-order valence-electron chi connectivity index (χ4n) is 3.09. The van der Waals surface area contributed by atoms with E-state index in [9.17, 15) is 0 Å². The van der Waals surface area contributed by atoms with E-state index >= 15 is 0 Å². The van der Waals surface area contributed by atoms with E-state index in [0.717, 1.165) is 26.1 Å². The lowest BCUT2D eigenvalue weighted by Crippen LogP contribution is -2.41. The largest absolute Gasteiger partial charge is 0.395 e. The molecule has 1 saturated carbocycles. The van der Waals surface area contributed by atoms with Gasteiger partial charge in [-0.15, -0.1) is 0 Å². The Bertz CT molecular complexity index is 186. The third-order valence-corrected chi connectivity index (χ3v) is 4.05. The highest BCUT2D eigenvalue weighted by molar-refractivity contribution is 4.90. The predicted molar refractivity (Wildman–Crippen MR) is 68.4 cm³/mol.